The second-order valence-electron chi connectivity index (χ2n) is 5.60. The molecule has 1 aliphatic rings. The summed E-state index contributed by atoms with van der Waals surface area (Å²) in [6.07, 6.45) is -3.72. The van der Waals surface area contributed by atoms with Crippen molar-refractivity contribution in [3.8, 4) is 0 Å². The van der Waals surface area contributed by atoms with Gasteiger partial charge in [0.25, 0.3) is 0 Å². The average molecular weight is 363 g/mol. The van der Waals surface area contributed by atoms with E-state index >= 15 is 0 Å². The van der Waals surface area contributed by atoms with Gasteiger partial charge in [-0.25, -0.2) is 8.42 Å². The Morgan fingerprint density at radius 1 is 1.25 bits per heavy atom. The molecule has 0 amide bonds. The molecule has 0 atom stereocenters. The molecule has 0 unspecified atom stereocenters. The van der Waals surface area contributed by atoms with E-state index in [0.717, 1.165) is 6.07 Å². The summed E-state index contributed by atoms with van der Waals surface area (Å²) in [5.41, 5.74) is -1.78. The largest absolute Gasteiger partial charge is 0.416 e. The number of sulfonamides is 1. The van der Waals surface area contributed by atoms with Gasteiger partial charge in [0.2, 0.25) is 10.0 Å². The van der Waals surface area contributed by atoms with Crippen LogP contribution in [0.3, 0.4) is 0 Å². The van der Waals surface area contributed by atoms with Crippen LogP contribution in [0.5, 0.6) is 0 Å². The molecule has 0 spiro atoms. The maximum atomic E-state index is 12.8. The third-order valence-electron chi connectivity index (χ3n) is 3.66. The number of ketones is 2. The first-order valence-corrected chi connectivity index (χ1v) is 8.96. The number of hydrogen-bond donors (Lipinski definition) is 1. The van der Waals surface area contributed by atoms with Gasteiger partial charge in [0.15, 0.2) is 5.78 Å². The third-order valence-corrected chi connectivity index (χ3v) is 4.95. The quantitative estimate of drug-likeness (QED) is 0.596. The minimum absolute atomic E-state index is 0.167. The lowest BCUT2D eigenvalue weighted by Gasteiger charge is -2.14. The lowest BCUT2D eigenvalue weighted by Crippen LogP contribution is -2.19. The molecule has 1 aromatic rings. The van der Waals surface area contributed by atoms with Gasteiger partial charge < -0.3 is 0 Å². The van der Waals surface area contributed by atoms with Crippen LogP contribution in [0.25, 0.3) is 0 Å². The lowest BCUT2D eigenvalue weighted by molar-refractivity contribution is -0.137. The van der Waals surface area contributed by atoms with Gasteiger partial charge in [0.1, 0.15) is 5.78 Å². The molecule has 0 saturated heterocycles. The van der Waals surface area contributed by atoms with Crippen molar-refractivity contribution in [2.45, 2.75) is 32.4 Å². The fourth-order valence-corrected chi connectivity index (χ4v) is 2.74. The molecule has 1 saturated carbocycles. The molecule has 0 aromatic heterocycles. The number of anilines is 1. The van der Waals surface area contributed by atoms with E-state index < -0.39 is 39.7 Å². The van der Waals surface area contributed by atoms with Crippen molar-refractivity contribution < 1.29 is 31.2 Å². The summed E-state index contributed by atoms with van der Waals surface area (Å²) in [6, 6.07) is 2.17. The number of nitrogens with one attached hydrogen (secondary N) is 1. The summed E-state index contributed by atoms with van der Waals surface area (Å²) in [4.78, 5) is 23.9. The highest BCUT2D eigenvalue weighted by molar-refractivity contribution is 7.92. The zero-order valence-electron chi connectivity index (χ0n) is 12.8. The maximum Gasteiger partial charge on any atom is 0.416 e. The molecule has 5 nitrogen and oxygen atoms in total. The summed E-state index contributed by atoms with van der Waals surface area (Å²) in [5, 5.41) is 0. The summed E-state index contributed by atoms with van der Waals surface area (Å²) in [7, 11) is -3.88. The fourth-order valence-electron chi connectivity index (χ4n) is 2.09. The van der Waals surface area contributed by atoms with Crippen molar-refractivity contribution in [3.63, 3.8) is 0 Å². The van der Waals surface area contributed by atoms with E-state index in [2.05, 4.69) is 0 Å². The van der Waals surface area contributed by atoms with Gasteiger partial charge >= 0.3 is 6.18 Å². The van der Waals surface area contributed by atoms with Crippen LogP contribution in [-0.4, -0.2) is 25.7 Å². The van der Waals surface area contributed by atoms with Crippen molar-refractivity contribution in [2.75, 3.05) is 10.5 Å². The minimum Gasteiger partial charge on any atom is -0.299 e. The van der Waals surface area contributed by atoms with Gasteiger partial charge in [-0.05, 0) is 38.0 Å². The Bertz CT molecular complexity index is 767. The number of hydrogen-bond acceptors (Lipinski definition) is 4. The maximum absolute atomic E-state index is 12.8. The number of Topliss-reactive ketones (excluding diaryl/α,β-unsaturated/α-hetero) is 2. The lowest BCUT2D eigenvalue weighted by atomic mass is 10.0. The highest BCUT2D eigenvalue weighted by atomic mass is 32.2. The predicted octanol–water partition coefficient (Wildman–Crippen LogP) is 3.02. The van der Waals surface area contributed by atoms with Crippen molar-refractivity contribution in [2.24, 2.45) is 5.92 Å². The average Bonchev–Trinajstić information content (AvgIpc) is 3.30. The van der Waals surface area contributed by atoms with E-state index in [9.17, 15) is 31.2 Å². The molecular weight excluding hydrogens is 347 g/mol. The van der Waals surface area contributed by atoms with Gasteiger partial charge in [0.05, 0.1) is 23.4 Å². The minimum atomic E-state index is -4.68. The topological polar surface area (TPSA) is 80.3 Å². The molecule has 1 N–H and O–H groups in total. The van der Waals surface area contributed by atoms with Gasteiger partial charge in [-0.3, -0.25) is 14.3 Å². The molecule has 2 rings (SSSR count). The second kappa shape index (κ2) is 6.54. The molecule has 24 heavy (non-hydrogen) atoms. The molecule has 0 aliphatic heterocycles. The SMILES string of the molecule is CCS(=O)(=O)Nc1cc(C(F)(F)F)ccc1C(=O)CC(=O)C1CC1. The van der Waals surface area contributed by atoms with Crippen molar-refractivity contribution >= 4 is 27.3 Å². The second-order valence-corrected chi connectivity index (χ2v) is 7.62. The first kappa shape index (κ1) is 18.4. The van der Waals surface area contributed by atoms with Crippen LogP contribution in [0.1, 0.15) is 42.1 Å². The predicted molar refractivity (Wildman–Crippen MR) is 81.2 cm³/mol. The molecular formula is C15H16F3NO4S. The van der Waals surface area contributed by atoms with E-state index in [1.54, 1.807) is 0 Å². The Morgan fingerprint density at radius 3 is 2.38 bits per heavy atom. The van der Waals surface area contributed by atoms with E-state index in [1.807, 2.05) is 4.72 Å². The van der Waals surface area contributed by atoms with Crippen molar-refractivity contribution in [1.82, 2.24) is 0 Å². The summed E-state index contributed by atoms with van der Waals surface area (Å²) in [6.45, 7) is 1.31. The van der Waals surface area contributed by atoms with Gasteiger partial charge in [0, 0.05) is 11.5 Å². The third kappa shape index (κ3) is 4.56. The number of carbonyl (C=O) groups excluding carboxylic acids is 2. The molecule has 9 heteroatoms. The number of carbonyl (C=O) groups is 2. The molecule has 1 fully saturated rings. The highest BCUT2D eigenvalue weighted by Crippen LogP contribution is 2.34. The van der Waals surface area contributed by atoms with E-state index in [4.69, 9.17) is 0 Å². The van der Waals surface area contributed by atoms with Gasteiger partial charge in [-0.1, -0.05) is 0 Å². The summed E-state index contributed by atoms with van der Waals surface area (Å²) >= 11 is 0. The zero-order valence-corrected chi connectivity index (χ0v) is 13.6. The first-order chi connectivity index (χ1) is 11.0. The number of halogens is 3. The van der Waals surface area contributed by atoms with Crippen LogP contribution in [0.15, 0.2) is 18.2 Å². The Balaban J connectivity index is 2.37. The van der Waals surface area contributed by atoms with Crippen LogP contribution in [-0.2, 0) is 21.0 Å². The Labute approximate surface area is 137 Å². The molecule has 0 radical (unpaired) electrons. The molecule has 1 aromatic carbocycles. The van der Waals surface area contributed by atoms with E-state index in [0.29, 0.717) is 25.0 Å². The van der Waals surface area contributed by atoms with Crippen LogP contribution >= 0.6 is 0 Å². The molecule has 1 aliphatic carbocycles. The van der Waals surface area contributed by atoms with E-state index in [-0.39, 0.29) is 23.0 Å². The Hall–Kier alpha value is -1.90. The standard InChI is InChI=1S/C15H16F3NO4S/c1-2-24(22,23)19-12-7-10(15(16,17)18)5-6-11(12)14(21)8-13(20)9-3-4-9/h5-7,9,19H,2-4,8H2,1H3. The number of benzene rings is 1. The smallest absolute Gasteiger partial charge is 0.299 e. The van der Waals surface area contributed by atoms with Crippen LogP contribution in [0, 0.1) is 5.92 Å². The highest BCUT2D eigenvalue weighted by Gasteiger charge is 2.34. The van der Waals surface area contributed by atoms with Gasteiger partial charge in [-0.15, -0.1) is 0 Å². The Kier molecular flexibility index (Phi) is 5.03. The van der Waals surface area contributed by atoms with Crippen molar-refractivity contribution in [1.29, 1.82) is 0 Å². The number of rotatable bonds is 7. The van der Waals surface area contributed by atoms with Gasteiger partial charge in [-0.2, -0.15) is 13.2 Å². The summed E-state index contributed by atoms with van der Waals surface area (Å²) < 4.78 is 63.8. The van der Waals surface area contributed by atoms with Crippen LogP contribution < -0.4 is 4.72 Å². The van der Waals surface area contributed by atoms with Crippen LogP contribution in [0.4, 0.5) is 18.9 Å². The number of alkyl halides is 3. The first-order valence-electron chi connectivity index (χ1n) is 7.31. The molecule has 132 valence electrons. The Morgan fingerprint density at radius 2 is 1.88 bits per heavy atom. The molecule has 0 bridgehead atoms. The normalized spacial score (nSPS) is 15.2. The monoisotopic (exact) mass is 363 g/mol. The molecule has 0 heterocycles. The fraction of sp³-hybridized carbons (Fsp3) is 0.467. The van der Waals surface area contributed by atoms with Crippen molar-refractivity contribution in [3.05, 3.63) is 29.3 Å². The zero-order chi connectivity index (χ0) is 18.1. The van der Waals surface area contributed by atoms with E-state index in [1.165, 1.54) is 6.92 Å². The van der Waals surface area contributed by atoms with Crippen LogP contribution in [0.2, 0.25) is 0 Å². The summed E-state index contributed by atoms with van der Waals surface area (Å²) in [5.74, 6) is -1.50.